The molecule has 0 amide bonds. The van der Waals surface area contributed by atoms with E-state index in [9.17, 15) is 15.2 Å². The molecule has 7 nitrogen and oxygen atoms in total. The van der Waals surface area contributed by atoms with Crippen molar-refractivity contribution in [3.8, 4) is 0 Å². The average molecular weight is 278 g/mol. The molecule has 1 heterocycles. The number of anilines is 1. The van der Waals surface area contributed by atoms with Crippen molar-refractivity contribution in [3.05, 3.63) is 28.3 Å². The molecule has 0 unspecified atom stereocenters. The highest BCUT2D eigenvalue weighted by Crippen LogP contribution is 2.24. The van der Waals surface area contributed by atoms with Gasteiger partial charge in [0, 0.05) is 12.1 Å². The largest absolute Gasteiger partial charge is 0.394 e. The SMILES string of the molecule is CCC(CC)(CO)Nc1nc2ccc([N+](=O)[O-])cc2[nH]1. The van der Waals surface area contributed by atoms with Crippen molar-refractivity contribution < 1.29 is 10.0 Å². The van der Waals surface area contributed by atoms with Crippen molar-refractivity contribution in [2.24, 2.45) is 0 Å². The van der Waals surface area contributed by atoms with Gasteiger partial charge in [-0.2, -0.15) is 0 Å². The topological polar surface area (TPSA) is 104 Å². The maximum atomic E-state index is 10.7. The first-order valence-corrected chi connectivity index (χ1v) is 6.57. The van der Waals surface area contributed by atoms with Crippen LogP contribution in [-0.4, -0.2) is 32.1 Å². The number of aromatic amines is 1. The number of hydrogen-bond acceptors (Lipinski definition) is 5. The molecule has 1 aromatic heterocycles. The zero-order chi connectivity index (χ0) is 14.8. The van der Waals surface area contributed by atoms with Gasteiger partial charge in [-0.05, 0) is 18.9 Å². The van der Waals surface area contributed by atoms with Crippen molar-refractivity contribution in [2.45, 2.75) is 32.2 Å². The number of nitrogens with zero attached hydrogens (tertiary/aromatic N) is 2. The number of imidazole rings is 1. The van der Waals surface area contributed by atoms with Crippen LogP contribution in [0.2, 0.25) is 0 Å². The summed E-state index contributed by atoms with van der Waals surface area (Å²) in [5.74, 6) is 0.512. The summed E-state index contributed by atoms with van der Waals surface area (Å²) in [4.78, 5) is 17.7. The second-order valence-corrected chi connectivity index (χ2v) is 4.81. The summed E-state index contributed by atoms with van der Waals surface area (Å²) >= 11 is 0. The van der Waals surface area contributed by atoms with Gasteiger partial charge < -0.3 is 15.4 Å². The smallest absolute Gasteiger partial charge is 0.271 e. The quantitative estimate of drug-likeness (QED) is 0.556. The molecule has 0 radical (unpaired) electrons. The zero-order valence-corrected chi connectivity index (χ0v) is 11.5. The van der Waals surface area contributed by atoms with Gasteiger partial charge in [0.1, 0.15) is 0 Å². The van der Waals surface area contributed by atoms with Gasteiger partial charge in [-0.25, -0.2) is 4.98 Å². The van der Waals surface area contributed by atoms with E-state index in [1.807, 2.05) is 13.8 Å². The highest BCUT2D eigenvalue weighted by atomic mass is 16.6. The summed E-state index contributed by atoms with van der Waals surface area (Å²) in [5, 5.41) is 23.5. The number of nitro benzene ring substituents is 1. The van der Waals surface area contributed by atoms with Crippen LogP contribution in [0, 0.1) is 10.1 Å². The van der Waals surface area contributed by atoms with Crippen LogP contribution >= 0.6 is 0 Å². The third kappa shape index (κ3) is 2.57. The number of non-ortho nitro benzene ring substituents is 1. The van der Waals surface area contributed by atoms with E-state index in [0.717, 1.165) is 12.8 Å². The predicted octanol–water partition coefficient (Wildman–Crippen LogP) is 2.43. The molecule has 2 aromatic rings. The standard InChI is InChI=1S/C13H18N4O3/c1-3-13(4-2,8-18)16-12-14-10-6-5-9(17(19)20)7-11(10)15-12/h5-7,18H,3-4,8H2,1-2H3,(H2,14,15,16). The normalized spacial score (nSPS) is 11.8. The van der Waals surface area contributed by atoms with E-state index >= 15 is 0 Å². The van der Waals surface area contributed by atoms with Crippen LogP contribution in [0.4, 0.5) is 11.6 Å². The number of hydrogen-bond donors (Lipinski definition) is 3. The highest BCUT2D eigenvalue weighted by molar-refractivity contribution is 5.80. The van der Waals surface area contributed by atoms with Crippen LogP contribution < -0.4 is 5.32 Å². The molecule has 0 bridgehead atoms. The van der Waals surface area contributed by atoms with Crippen LogP contribution in [0.1, 0.15) is 26.7 Å². The van der Waals surface area contributed by atoms with Crippen molar-refractivity contribution in [3.63, 3.8) is 0 Å². The number of H-pyrrole nitrogens is 1. The van der Waals surface area contributed by atoms with Gasteiger partial charge in [-0.3, -0.25) is 10.1 Å². The van der Waals surface area contributed by atoms with Crippen LogP contribution in [0.25, 0.3) is 11.0 Å². The Bertz CT molecular complexity index is 611. The molecule has 0 saturated heterocycles. The van der Waals surface area contributed by atoms with E-state index in [1.165, 1.54) is 12.1 Å². The van der Waals surface area contributed by atoms with Gasteiger partial charge in [-0.15, -0.1) is 0 Å². The maximum Gasteiger partial charge on any atom is 0.271 e. The van der Waals surface area contributed by atoms with Crippen molar-refractivity contribution in [1.82, 2.24) is 9.97 Å². The van der Waals surface area contributed by atoms with E-state index < -0.39 is 10.5 Å². The Labute approximate surface area is 116 Å². The number of fused-ring (bicyclic) bond motifs is 1. The number of aliphatic hydroxyl groups is 1. The summed E-state index contributed by atoms with van der Waals surface area (Å²) in [6.07, 6.45) is 1.49. The Morgan fingerprint density at radius 1 is 1.45 bits per heavy atom. The molecule has 0 atom stereocenters. The molecule has 20 heavy (non-hydrogen) atoms. The summed E-state index contributed by atoms with van der Waals surface area (Å²) in [6, 6.07) is 4.48. The Kier molecular flexibility index (Phi) is 3.89. The van der Waals surface area contributed by atoms with Gasteiger partial charge in [0.25, 0.3) is 5.69 Å². The van der Waals surface area contributed by atoms with Crippen LogP contribution in [0.5, 0.6) is 0 Å². The van der Waals surface area contributed by atoms with Gasteiger partial charge in [0.05, 0.1) is 28.1 Å². The Hall–Kier alpha value is -2.15. The minimum absolute atomic E-state index is 0.00278. The van der Waals surface area contributed by atoms with E-state index in [-0.39, 0.29) is 12.3 Å². The molecule has 0 saturated carbocycles. The van der Waals surface area contributed by atoms with Gasteiger partial charge in [0.2, 0.25) is 5.95 Å². The molecular weight excluding hydrogens is 260 g/mol. The summed E-state index contributed by atoms with van der Waals surface area (Å²) in [6.45, 7) is 3.97. The second kappa shape index (κ2) is 5.46. The van der Waals surface area contributed by atoms with Crippen molar-refractivity contribution >= 4 is 22.7 Å². The van der Waals surface area contributed by atoms with Crippen molar-refractivity contribution in [2.75, 3.05) is 11.9 Å². The first-order chi connectivity index (χ1) is 9.53. The van der Waals surface area contributed by atoms with E-state index in [4.69, 9.17) is 0 Å². The first kappa shape index (κ1) is 14.3. The number of aromatic nitrogens is 2. The van der Waals surface area contributed by atoms with E-state index in [2.05, 4.69) is 15.3 Å². The molecule has 0 aliphatic carbocycles. The third-order valence-corrected chi connectivity index (χ3v) is 3.72. The second-order valence-electron chi connectivity index (χ2n) is 4.81. The molecule has 3 N–H and O–H groups in total. The Balaban J connectivity index is 2.34. The maximum absolute atomic E-state index is 10.7. The lowest BCUT2D eigenvalue weighted by molar-refractivity contribution is -0.384. The fourth-order valence-corrected chi connectivity index (χ4v) is 2.11. The molecule has 7 heteroatoms. The van der Waals surface area contributed by atoms with Gasteiger partial charge in [-0.1, -0.05) is 13.8 Å². The van der Waals surface area contributed by atoms with E-state index in [0.29, 0.717) is 17.0 Å². The minimum Gasteiger partial charge on any atom is -0.394 e. The Morgan fingerprint density at radius 3 is 2.70 bits per heavy atom. The fourth-order valence-electron chi connectivity index (χ4n) is 2.11. The molecule has 108 valence electrons. The summed E-state index contributed by atoms with van der Waals surface area (Å²) in [5.41, 5.74) is 0.838. The predicted molar refractivity (Wildman–Crippen MR) is 76.8 cm³/mol. The Morgan fingerprint density at radius 2 is 2.15 bits per heavy atom. The lowest BCUT2D eigenvalue weighted by atomic mass is 9.94. The lowest BCUT2D eigenvalue weighted by Gasteiger charge is -2.30. The van der Waals surface area contributed by atoms with Gasteiger partial charge >= 0.3 is 0 Å². The number of benzene rings is 1. The first-order valence-electron chi connectivity index (χ1n) is 6.57. The molecule has 0 fully saturated rings. The molecule has 1 aromatic carbocycles. The minimum atomic E-state index is -0.441. The van der Waals surface area contributed by atoms with Crippen molar-refractivity contribution in [1.29, 1.82) is 0 Å². The summed E-state index contributed by atoms with van der Waals surface area (Å²) < 4.78 is 0. The van der Waals surface area contributed by atoms with Gasteiger partial charge in [0.15, 0.2) is 0 Å². The molecule has 2 rings (SSSR count). The number of nitrogens with one attached hydrogen (secondary N) is 2. The van der Waals surface area contributed by atoms with Crippen LogP contribution in [0.3, 0.4) is 0 Å². The number of nitro groups is 1. The summed E-state index contributed by atoms with van der Waals surface area (Å²) in [7, 11) is 0. The fraction of sp³-hybridized carbons (Fsp3) is 0.462. The average Bonchev–Trinajstić information content (AvgIpc) is 2.85. The third-order valence-electron chi connectivity index (χ3n) is 3.72. The molecule has 0 spiro atoms. The van der Waals surface area contributed by atoms with Crippen LogP contribution in [0.15, 0.2) is 18.2 Å². The zero-order valence-electron chi connectivity index (χ0n) is 11.5. The molecule has 0 aliphatic rings. The monoisotopic (exact) mass is 278 g/mol. The molecule has 0 aliphatic heterocycles. The lowest BCUT2D eigenvalue weighted by Crippen LogP contribution is -2.41. The van der Waals surface area contributed by atoms with Crippen LogP contribution in [-0.2, 0) is 0 Å². The number of rotatable bonds is 6. The van der Waals surface area contributed by atoms with E-state index in [1.54, 1.807) is 6.07 Å². The highest BCUT2D eigenvalue weighted by Gasteiger charge is 2.26. The molecular formula is C13H18N4O3. The number of aliphatic hydroxyl groups excluding tert-OH is 1.